The van der Waals surface area contributed by atoms with Crippen molar-refractivity contribution in [1.29, 1.82) is 0 Å². The zero-order chi connectivity index (χ0) is 17.5. The third-order valence-corrected chi connectivity index (χ3v) is 5.21. The van der Waals surface area contributed by atoms with E-state index in [0.29, 0.717) is 13.1 Å². The molecule has 0 radical (unpaired) electrons. The number of benzene rings is 1. The lowest BCUT2D eigenvalue weighted by molar-refractivity contribution is -0.138. The highest BCUT2D eigenvalue weighted by molar-refractivity contribution is 7.99. The van der Waals surface area contributed by atoms with Gasteiger partial charge in [0.05, 0.1) is 5.56 Å². The summed E-state index contributed by atoms with van der Waals surface area (Å²) in [6.45, 7) is 5.42. The minimum Gasteiger partial charge on any atom is -0.481 e. The Bertz CT molecular complexity index is 615. The maximum atomic E-state index is 12.8. The molecule has 1 saturated heterocycles. The molecule has 0 saturated carbocycles. The predicted molar refractivity (Wildman–Crippen MR) is 97.5 cm³/mol. The van der Waals surface area contributed by atoms with E-state index in [1.54, 1.807) is 11.8 Å². The van der Waals surface area contributed by atoms with Crippen molar-refractivity contribution in [2.75, 3.05) is 18.8 Å². The van der Waals surface area contributed by atoms with Gasteiger partial charge in [-0.05, 0) is 44.7 Å². The van der Waals surface area contributed by atoms with E-state index in [2.05, 4.69) is 19.9 Å². The number of carboxylic acids is 1. The van der Waals surface area contributed by atoms with Gasteiger partial charge in [0.1, 0.15) is 0 Å². The fraction of sp³-hybridized carbons (Fsp3) is 0.474. The summed E-state index contributed by atoms with van der Waals surface area (Å²) < 4.78 is 0. The van der Waals surface area contributed by atoms with E-state index >= 15 is 0 Å². The fourth-order valence-corrected chi connectivity index (χ4v) is 3.91. The summed E-state index contributed by atoms with van der Waals surface area (Å²) in [5.41, 5.74) is 2.02. The van der Waals surface area contributed by atoms with Crippen LogP contribution in [0.25, 0.3) is 0 Å². The lowest BCUT2D eigenvalue weighted by atomic mass is 9.93. The Labute approximate surface area is 147 Å². The van der Waals surface area contributed by atoms with Crippen LogP contribution in [0.1, 0.15) is 43.5 Å². The molecule has 1 aromatic carbocycles. The Balaban J connectivity index is 2.00. The molecule has 1 N–H and O–H groups in total. The molecule has 24 heavy (non-hydrogen) atoms. The van der Waals surface area contributed by atoms with Crippen molar-refractivity contribution in [3.8, 4) is 0 Å². The van der Waals surface area contributed by atoms with Crippen molar-refractivity contribution in [3.05, 3.63) is 41.5 Å². The van der Waals surface area contributed by atoms with Gasteiger partial charge in [-0.2, -0.15) is 0 Å². The van der Waals surface area contributed by atoms with E-state index in [9.17, 15) is 9.59 Å². The minimum absolute atomic E-state index is 0.0593. The summed E-state index contributed by atoms with van der Waals surface area (Å²) in [5, 5.41) is 8.89. The van der Waals surface area contributed by atoms with Gasteiger partial charge in [-0.25, -0.2) is 0 Å². The number of likely N-dealkylation sites (tertiary alicyclic amines) is 1. The van der Waals surface area contributed by atoms with E-state index in [4.69, 9.17) is 5.11 Å². The van der Waals surface area contributed by atoms with E-state index in [1.807, 2.05) is 29.2 Å². The Hall–Kier alpha value is -1.75. The summed E-state index contributed by atoms with van der Waals surface area (Å²) >= 11 is 1.68. The number of thioether (sulfide) groups is 1. The smallest absolute Gasteiger partial charge is 0.303 e. The highest BCUT2D eigenvalue weighted by Gasteiger charge is 2.26. The molecule has 0 unspecified atom stereocenters. The fourth-order valence-electron chi connectivity index (χ4n) is 2.82. The third-order valence-electron chi connectivity index (χ3n) is 4.21. The van der Waals surface area contributed by atoms with Crippen LogP contribution in [0.4, 0.5) is 0 Å². The number of rotatable bonds is 6. The molecule has 2 rings (SSSR count). The number of allylic oxidation sites excluding steroid dienone is 1. The molecule has 0 spiro atoms. The van der Waals surface area contributed by atoms with Crippen molar-refractivity contribution in [2.24, 2.45) is 5.92 Å². The minimum atomic E-state index is -0.749. The van der Waals surface area contributed by atoms with Crippen molar-refractivity contribution >= 4 is 23.6 Å². The van der Waals surface area contributed by atoms with Gasteiger partial charge >= 0.3 is 5.97 Å². The van der Waals surface area contributed by atoms with Crippen molar-refractivity contribution in [1.82, 2.24) is 4.90 Å². The quantitative estimate of drug-likeness (QED) is 0.622. The Morgan fingerprint density at radius 1 is 1.25 bits per heavy atom. The van der Waals surface area contributed by atoms with Crippen LogP contribution in [0, 0.1) is 5.92 Å². The first kappa shape index (κ1) is 18.6. The molecule has 1 aliphatic heterocycles. The number of piperidine rings is 1. The van der Waals surface area contributed by atoms with E-state index < -0.39 is 5.97 Å². The SMILES string of the molecule is CC(C)=CCSc1ccccc1C(=O)N1CCC(CC(=O)O)CC1. The van der Waals surface area contributed by atoms with E-state index in [-0.39, 0.29) is 18.2 Å². The van der Waals surface area contributed by atoms with Crippen LogP contribution in [-0.4, -0.2) is 40.7 Å². The Kier molecular flexibility index (Phi) is 6.91. The molecule has 0 aromatic heterocycles. The molecule has 0 bridgehead atoms. The number of carbonyl (C=O) groups excluding carboxylic acids is 1. The summed E-state index contributed by atoms with van der Waals surface area (Å²) in [7, 11) is 0. The number of nitrogens with zero attached hydrogens (tertiary/aromatic N) is 1. The largest absolute Gasteiger partial charge is 0.481 e. The first-order chi connectivity index (χ1) is 11.5. The van der Waals surface area contributed by atoms with E-state index in [0.717, 1.165) is 29.1 Å². The van der Waals surface area contributed by atoms with Crippen LogP contribution in [0.5, 0.6) is 0 Å². The van der Waals surface area contributed by atoms with Crippen LogP contribution in [0.2, 0.25) is 0 Å². The second-order valence-electron chi connectivity index (χ2n) is 6.42. The average Bonchev–Trinajstić information content (AvgIpc) is 2.54. The third kappa shape index (κ3) is 5.41. The highest BCUT2D eigenvalue weighted by Crippen LogP contribution is 2.27. The molecule has 4 nitrogen and oxygen atoms in total. The summed E-state index contributed by atoms with van der Waals surface area (Å²) in [6, 6.07) is 7.74. The van der Waals surface area contributed by atoms with Crippen LogP contribution < -0.4 is 0 Å². The standard InChI is InChI=1S/C19H25NO3S/c1-14(2)9-12-24-17-6-4-3-5-16(17)19(23)20-10-7-15(8-11-20)13-18(21)22/h3-6,9,15H,7-8,10-13H2,1-2H3,(H,21,22). The average molecular weight is 347 g/mol. The van der Waals surface area contributed by atoms with Crippen molar-refractivity contribution in [3.63, 3.8) is 0 Å². The molecular weight excluding hydrogens is 322 g/mol. The number of hydrogen-bond acceptors (Lipinski definition) is 3. The normalized spacial score (nSPS) is 15.2. The second-order valence-corrected chi connectivity index (χ2v) is 7.48. The Morgan fingerprint density at radius 2 is 1.92 bits per heavy atom. The molecule has 1 amide bonds. The first-order valence-electron chi connectivity index (χ1n) is 8.33. The van der Waals surface area contributed by atoms with E-state index in [1.165, 1.54) is 5.57 Å². The number of carbonyl (C=O) groups is 2. The zero-order valence-electron chi connectivity index (χ0n) is 14.3. The molecule has 1 aliphatic rings. The number of carboxylic acid groups (broad SMARTS) is 1. The zero-order valence-corrected chi connectivity index (χ0v) is 15.1. The summed E-state index contributed by atoms with van der Waals surface area (Å²) in [6.07, 6.45) is 3.90. The molecular formula is C19H25NO3S. The van der Waals surface area contributed by atoms with Gasteiger partial charge in [-0.15, -0.1) is 11.8 Å². The molecule has 1 aromatic rings. The predicted octanol–water partition coefficient (Wildman–Crippen LogP) is 4.07. The molecule has 0 aliphatic carbocycles. The second kappa shape index (κ2) is 8.92. The molecule has 5 heteroatoms. The van der Waals surface area contributed by atoms with Crippen LogP contribution in [0.3, 0.4) is 0 Å². The van der Waals surface area contributed by atoms with Gasteiger partial charge in [-0.3, -0.25) is 9.59 Å². The van der Waals surface area contributed by atoms with Gasteiger partial charge in [0, 0.05) is 30.2 Å². The van der Waals surface area contributed by atoms with Crippen LogP contribution in [0.15, 0.2) is 40.8 Å². The molecule has 0 atom stereocenters. The summed E-state index contributed by atoms with van der Waals surface area (Å²) in [5.74, 6) is 0.353. The highest BCUT2D eigenvalue weighted by atomic mass is 32.2. The number of aliphatic carboxylic acids is 1. The van der Waals surface area contributed by atoms with Crippen LogP contribution >= 0.6 is 11.8 Å². The van der Waals surface area contributed by atoms with Crippen LogP contribution in [-0.2, 0) is 4.79 Å². The molecule has 1 fully saturated rings. The lowest BCUT2D eigenvalue weighted by Gasteiger charge is -2.31. The summed E-state index contributed by atoms with van der Waals surface area (Å²) in [4.78, 5) is 26.5. The number of hydrogen-bond donors (Lipinski definition) is 1. The first-order valence-corrected chi connectivity index (χ1v) is 9.32. The van der Waals surface area contributed by atoms with Crippen molar-refractivity contribution in [2.45, 2.75) is 38.0 Å². The van der Waals surface area contributed by atoms with Gasteiger partial charge in [0.2, 0.25) is 0 Å². The van der Waals surface area contributed by atoms with Crippen molar-refractivity contribution < 1.29 is 14.7 Å². The molecule has 130 valence electrons. The maximum absolute atomic E-state index is 12.8. The maximum Gasteiger partial charge on any atom is 0.303 e. The topological polar surface area (TPSA) is 57.6 Å². The molecule has 1 heterocycles. The lowest BCUT2D eigenvalue weighted by Crippen LogP contribution is -2.39. The number of amides is 1. The van der Waals surface area contributed by atoms with Gasteiger partial charge in [0.25, 0.3) is 5.91 Å². The van der Waals surface area contributed by atoms with Gasteiger partial charge in [-0.1, -0.05) is 23.8 Å². The Morgan fingerprint density at radius 3 is 2.54 bits per heavy atom. The van der Waals surface area contributed by atoms with Gasteiger partial charge < -0.3 is 10.0 Å². The van der Waals surface area contributed by atoms with Gasteiger partial charge in [0.15, 0.2) is 0 Å². The monoisotopic (exact) mass is 347 g/mol.